The monoisotopic (exact) mass is 162 g/mol. The van der Waals surface area contributed by atoms with Crippen LogP contribution in [-0.4, -0.2) is 27.0 Å². The lowest BCUT2D eigenvalue weighted by Gasteiger charge is -2.08. The fourth-order valence-corrected chi connectivity index (χ4v) is 1.21. The Balaban J connectivity index is 2.20. The van der Waals surface area contributed by atoms with Gasteiger partial charge in [-0.15, -0.1) is 0 Å². The average molecular weight is 162 g/mol. The van der Waals surface area contributed by atoms with Crippen molar-refractivity contribution in [3.8, 4) is 0 Å². The molecule has 0 bridgehead atoms. The van der Waals surface area contributed by atoms with Crippen LogP contribution in [0.2, 0.25) is 0 Å². The van der Waals surface area contributed by atoms with Crippen LogP contribution in [-0.2, 0) is 0 Å². The third kappa shape index (κ3) is 1.15. The Bertz CT molecular complexity index is 310. The quantitative estimate of drug-likeness (QED) is 0.647. The van der Waals surface area contributed by atoms with Crippen LogP contribution in [0.1, 0.15) is 13.0 Å². The highest BCUT2D eigenvalue weighted by molar-refractivity contribution is 5.99. The van der Waals surface area contributed by atoms with E-state index in [9.17, 15) is 0 Å². The smallest absolute Gasteiger partial charge is 0.137 e. The van der Waals surface area contributed by atoms with Crippen LogP contribution in [0.3, 0.4) is 0 Å². The van der Waals surface area contributed by atoms with E-state index in [0.29, 0.717) is 0 Å². The minimum absolute atomic E-state index is 0.200. The van der Waals surface area contributed by atoms with E-state index in [1.165, 1.54) is 6.33 Å². The molecule has 1 aromatic heterocycles. The normalized spacial score (nSPS) is 17.9. The Morgan fingerprint density at radius 1 is 1.58 bits per heavy atom. The van der Waals surface area contributed by atoms with Crippen LogP contribution >= 0.6 is 0 Å². The van der Waals surface area contributed by atoms with Crippen molar-refractivity contribution in [1.82, 2.24) is 14.8 Å². The molecule has 0 aromatic carbocycles. The van der Waals surface area contributed by atoms with Crippen molar-refractivity contribution < 1.29 is 0 Å². The zero-order valence-corrected chi connectivity index (χ0v) is 6.88. The molecule has 4 heteroatoms. The highest BCUT2D eigenvalue weighted by Gasteiger charge is 2.11. The number of hydrogen-bond donors (Lipinski definition) is 0. The summed E-state index contributed by atoms with van der Waals surface area (Å²) in [5.41, 5.74) is 1.07. The molecule has 4 nitrogen and oxygen atoms in total. The zero-order valence-electron chi connectivity index (χ0n) is 6.88. The lowest BCUT2D eigenvalue weighted by atomic mass is 10.2. The number of hydrogen-bond acceptors (Lipinski definition) is 3. The van der Waals surface area contributed by atoms with E-state index in [1.807, 2.05) is 12.2 Å². The van der Waals surface area contributed by atoms with Gasteiger partial charge in [-0.25, -0.2) is 9.67 Å². The molecule has 1 unspecified atom stereocenters. The molecule has 1 aliphatic heterocycles. The molecule has 0 N–H and O–H groups in total. The van der Waals surface area contributed by atoms with E-state index in [2.05, 4.69) is 22.0 Å². The van der Waals surface area contributed by atoms with Gasteiger partial charge in [0, 0.05) is 0 Å². The maximum absolute atomic E-state index is 4.31. The number of allylic oxidation sites excluding steroid dienone is 1. The Labute approximate surface area is 70.6 Å². The van der Waals surface area contributed by atoms with Crippen LogP contribution in [0.4, 0.5) is 0 Å². The molecule has 0 spiro atoms. The van der Waals surface area contributed by atoms with Gasteiger partial charge < -0.3 is 0 Å². The van der Waals surface area contributed by atoms with Gasteiger partial charge in [0.05, 0.1) is 18.3 Å². The largest absolute Gasteiger partial charge is 0.283 e. The summed E-state index contributed by atoms with van der Waals surface area (Å²) in [6, 6.07) is 0.200. The molecule has 1 aliphatic rings. The van der Waals surface area contributed by atoms with Gasteiger partial charge in [-0.1, -0.05) is 6.08 Å². The Morgan fingerprint density at radius 3 is 3.08 bits per heavy atom. The highest BCUT2D eigenvalue weighted by Crippen LogP contribution is 2.09. The first kappa shape index (κ1) is 7.21. The predicted molar refractivity (Wildman–Crippen MR) is 46.2 cm³/mol. The van der Waals surface area contributed by atoms with Crippen molar-refractivity contribution in [2.75, 3.05) is 6.54 Å². The second kappa shape index (κ2) is 2.89. The van der Waals surface area contributed by atoms with Gasteiger partial charge in [0.2, 0.25) is 0 Å². The van der Waals surface area contributed by atoms with Crippen molar-refractivity contribution in [2.45, 2.75) is 13.0 Å². The lowest BCUT2D eigenvalue weighted by molar-refractivity contribution is 0.608. The second-order valence-electron chi connectivity index (χ2n) is 2.72. The van der Waals surface area contributed by atoms with Crippen LogP contribution in [0.25, 0.3) is 0 Å². The first-order valence-electron chi connectivity index (χ1n) is 3.93. The molecule has 0 aliphatic carbocycles. The number of rotatable bonds is 2. The Hall–Kier alpha value is -1.45. The van der Waals surface area contributed by atoms with Crippen molar-refractivity contribution in [3.05, 3.63) is 24.8 Å². The minimum Gasteiger partial charge on any atom is -0.283 e. The summed E-state index contributed by atoms with van der Waals surface area (Å²) >= 11 is 0. The molecular weight excluding hydrogens is 152 g/mol. The molecule has 62 valence electrons. The van der Waals surface area contributed by atoms with E-state index in [-0.39, 0.29) is 6.04 Å². The molecule has 2 heterocycles. The van der Waals surface area contributed by atoms with Crippen LogP contribution in [0, 0.1) is 0 Å². The van der Waals surface area contributed by atoms with E-state index >= 15 is 0 Å². The maximum Gasteiger partial charge on any atom is 0.137 e. The highest BCUT2D eigenvalue weighted by atomic mass is 15.3. The molecule has 0 saturated heterocycles. The fourth-order valence-electron chi connectivity index (χ4n) is 1.21. The number of aromatic nitrogens is 3. The summed E-state index contributed by atoms with van der Waals surface area (Å²) in [6.07, 6.45) is 7.32. The van der Waals surface area contributed by atoms with Crippen molar-refractivity contribution >= 4 is 5.71 Å². The lowest BCUT2D eigenvalue weighted by Crippen LogP contribution is -2.13. The third-order valence-corrected chi connectivity index (χ3v) is 1.93. The molecular formula is C8H10N4. The summed E-state index contributed by atoms with van der Waals surface area (Å²) in [6.45, 7) is 2.86. The molecule has 0 amide bonds. The minimum atomic E-state index is 0.200. The topological polar surface area (TPSA) is 43.1 Å². The summed E-state index contributed by atoms with van der Waals surface area (Å²) in [7, 11) is 0. The molecule has 0 fully saturated rings. The molecule has 0 saturated carbocycles. The average Bonchev–Trinajstić information content (AvgIpc) is 2.77. The summed E-state index contributed by atoms with van der Waals surface area (Å²) in [4.78, 5) is 8.20. The standard InChI is InChI=1S/C8H10N4/c1-7(8-3-2-4-10-8)12-6-9-5-11-12/h2-3,5-7H,4H2,1H3. The molecule has 2 rings (SSSR count). The van der Waals surface area contributed by atoms with E-state index < -0.39 is 0 Å². The van der Waals surface area contributed by atoms with Crippen LogP contribution in [0.15, 0.2) is 29.8 Å². The Morgan fingerprint density at radius 2 is 2.50 bits per heavy atom. The predicted octanol–water partition coefficient (Wildman–Crippen LogP) is 0.850. The Kier molecular flexibility index (Phi) is 1.74. The first-order chi connectivity index (χ1) is 5.88. The van der Waals surface area contributed by atoms with Crippen molar-refractivity contribution in [1.29, 1.82) is 0 Å². The summed E-state index contributed by atoms with van der Waals surface area (Å²) < 4.78 is 1.80. The van der Waals surface area contributed by atoms with Gasteiger partial charge in [0.15, 0.2) is 0 Å². The van der Waals surface area contributed by atoms with Gasteiger partial charge in [-0.3, -0.25) is 4.99 Å². The molecule has 1 atom stereocenters. The SMILES string of the molecule is CC(C1=NCC=C1)n1cncn1. The van der Waals surface area contributed by atoms with Crippen molar-refractivity contribution in [3.63, 3.8) is 0 Å². The van der Waals surface area contributed by atoms with Crippen LogP contribution in [0.5, 0.6) is 0 Å². The first-order valence-corrected chi connectivity index (χ1v) is 3.93. The second-order valence-corrected chi connectivity index (χ2v) is 2.72. The fraction of sp³-hybridized carbons (Fsp3) is 0.375. The maximum atomic E-state index is 4.31. The van der Waals surface area contributed by atoms with Gasteiger partial charge >= 0.3 is 0 Å². The molecule has 1 aromatic rings. The molecule has 0 radical (unpaired) electrons. The third-order valence-electron chi connectivity index (χ3n) is 1.93. The number of nitrogens with zero attached hydrogens (tertiary/aromatic N) is 4. The van der Waals surface area contributed by atoms with Gasteiger partial charge in [0.25, 0.3) is 0 Å². The van der Waals surface area contributed by atoms with Gasteiger partial charge in [-0.05, 0) is 13.0 Å². The van der Waals surface area contributed by atoms with Gasteiger partial charge in [-0.2, -0.15) is 5.10 Å². The number of aliphatic imine (C=N–C) groups is 1. The zero-order chi connectivity index (χ0) is 8.39. The summed E-state index contributed by atoms with van der Waals surface area (Å²) in [5, 5.41) is 4.05. The van der Waals surface area contributed by atoms with Gasteiger partial charge in [0.1, 0.15) is 12.7 Å². The van der Waals surface area contributed by atoms with Crippen molar-refractivity contribution in [2.24, 2.45) is 4.99 Å². The van der Waals surface area contributed by atoms with E-state index in [1.54, 1.807) is 11.0 Å². The van der Waals surface area contributed by atoms with Crippen LogP contribution < -0.4 is 0 Å². The molecule has 12 heavy (non-hydrogen) atoms. The van der Waals surface area contributed by atoms with E-state index in [0.717, 1.165) is 12.3 Å². The van der Waals surface area contributed by atoms with E-state index in [4.69, 9.17) is 0 Å². The summed E-state index contributed by atoms with van der Waals surface area (Å²) in [5.74, 6) is 0.